The molecule has 1 aliphatic carbocycles. The SMILES string of the molecule is O=C(O)c1cnn(-c2ccc(NC(=O)C3CC3)cc2)c1C(F)(F)F. The normalized spacial score (nSPS) is 14.5. The molecule has 0 aliphatic heterocycles. The maximum atomic E-state index is 13.2. The first kappa shape index (κ1) is 16.0. The molecular formula is C15H12F3N3O3. The zero-order chi connectivity index (χ0) is 17.5. The average Bonchev–Trinajstić information content (AvgIpc) is 3.25. The lowest BCUT2D eigenvalue weighted by atomic mass is 10.2. The number of nitrogens with zero attached hydrogens (tertiary/aromatic N) is 2. The molecule has 1 saturated carbocycles. The number of amides is 1. The van der Waals surface area contributed by atoms with Gasteiger partial charge in [-0.1, -0.05) is 0 Å². The summed E-state index contributed by atoms with van der Waals surface area (Å²) in [6.07, 6.45) is -2.54. The third-order valence-corrected chi connectivity index (χ3v) is 3.60. The molecule has 1 aromatic heterocycles. The van der Waals surface area contributed by atoms with Crippen LogP contribution in [0.3, 0.4) is 0 Å². The van der Waals surface area contributed by atoms with Crippen molar-refractivity contribution in [1.29, 1.82) is 0 Å². The van der Waals surface area contributed by atoms with Gasteiger partial charge in [-0.15, -0.1) is 0 Å². The fourth-order valence-corrected chi connectivity index (χ4v) is 2.25. The van der Waals surface area contributed by atoms with Gasteiger partial charge in [0.25, 0.3) is 0 Å². The van der Waals surface area contributed by atoms with Gasteiger partial charge in [0.2, 0.25) is 5.91 Å². The van der Waals surface area contributed by atoms with E-state index in [0.717, 1.165) is 12.8 Å². The Labute approximate surface area is 133 Å². The van der Waals surface area contributed by atoms with Crippen LogP contribution in [-0.4, -0.2) is 26.8 Å². The fourth-order valence-electron chi connectivity index (χ4n) is 2.25. The van der Waals surface area contributed by atoms with Gasteiger partial charge in [-0.3, -0.25) is 4.79 Å². The number of hydrogen-bond acceptors (Lipinski definition) is 3. The number of hydrogen-bond donors (Lipinski definition) is 2. The van der Waals surface area contributed by atoms with E-state index in [2.05, 4.69) is 10.4 Å². The second kappa shape index (κ2) is 5.66. The van der Waals surface area contributed by atoms with E-state index in [9.17, 15) is 22.8 Å². The van der Waals surface area contributed by atoms with E-state index in [-0.39, 0.29) is 17.5 Å². The van der Waals surface area contributed by atoms with Crippen LogP contribution in [0.25, 0.3) is 5.69 Å². The average molecular weight is 339 g/mol. The van der Waals surface area contributed by atoms with Crippen LogP contribution in [0.15, 0.2) is 30.5 Å². The summed E-state index contributed by atoms with van der Waals surface area (Å²) in [4.78, 5) is 22.6. The van der Waals surface area contributed by atoms with E-state index in [1.54, 1.807) is 0 Å². The standard InChI is InChI=1S/C15H12F3N3O3/c16-15(17,18)12-11(14(23)24)7-19-21(12)10-5-3-9(4-6-10)20-13(22)8-1-2-8/h3-8H,1-2H2,(H,20,22)(H,23,24). The summed E-state index contributed by atoms with van der Waals surface area (Å²) in [6, 6.07) is 5.54. The Morgan fingerprint density at radius 3 is 2.33 bits per heavy atom. The number of aromatic nitrogens is 2. The molecule has 3 rings (SSSR count). The van der Waals surface area contributed by atoms with Crippen LogP contribution in [-0.2, 0) is 11.0 Å². The van der Waals surface area contributed by atoms with Gasteiger partial charge in [0, 0.05) is 11.6 Å². The van der Waals surface area contributed by atoms with Gasteiger partial charge in [-0.05, 0) is 37.1 Å². The minimum atomic E-state index is -4.87. The van der Waals surface area contributed by atoms with Crippen molar-refractivity contribution < 1.29 is 27.9 Å². The van der Waals surface area contributed by atoms with Crippen molar-refractivity contribution in [3.8, 4) is 5.69 Å². The van der Waals surface area contributed by atoms with Gasteiger partial charge >= 0.3 is 12.1 Å². The van der Waals surface area contributed by atoms with Gasteiger partial charge < -0.3 is 10.4 Å². The minimum absolute atomic E-state index is 0.00532. The van der Waals surface area contributed by atoms with Crippen LogP contribution in [0.2, 0.25) is 0 Å². The number of nitrogens with one attached hydrogen (secondary N) is 1. The molecule has 9 heteroatoms. The van der Waals surface area contributed by atoms with Crippen molar-refractivity contribution in [2.24, 2.45) is 5.92 Å². The topological polar surface area (TPSA) is 84.2 Å². The highest BCUT2D eigenvalue weighted by Gasteiger charge is 2.40. The molecule has 0 atom stereocenters. The second-order valence-electron chi connectivity index (χ2n) is 5.43. The molecule has 126 valence electrons. The first-order valence-corrected chi connectivity index (χ1v) is 7.07. The smallest absolute Gasteiger partial charge is 0.434 e. The molecule has 2 aromatic rings. The zero-order valence-corrected chi connectivity index (χ0v) is 12.2. The number of rotatable bonds is 4. The van der Waals surface area contributed by atoms with Crippen LogP contribution in [0, 0.1) is 5.92 Å². The van der Waals surface area contributed by atoms with E-state index in [0.29, 0.717) is 16.6 Å². The maximum absolute atomic E-state index is 13.2. The van der Waals surface area contributed by atoms with Gasteiger partial charge in [0.05, 0.1) is 11.9 Å². The third-order valence-electron chi connectivity index (χ3n) is 3.60. The zero-order valence-electron chi connectivity index (χ0n) is 12.2. The second-order valence-corrected chi connectivity index (χ2v) is 5.43. The molecule has 2 N–H and O–H groups in total. The van der Waals surface area contributed by atoms with Crippen molar-refractivity contribution >= 4 is 17.6 Å². The number of halogens is 3. The van der Waals surface area contributed by atoms with Crippen LogP contribution in [0.5, 0.6) is 0 Å². The van der Waals surface area contributed by atoms with Gasteiger partial charge in [-0.25, -0.2) is 9.48 Å². The van der Waals surface area contributed by atoms with E-state index >= 15 is 0 Å². The first-order chi connectivity index (χ1) is 11.3. The quantitative estimate of drug-likeness (QED) is 0.897. The molecule has 1 heterocycles. The van der Waals surface area contributed by atoms with Crippen LogP contribution < -0.4 is 5.32 Å². The molecule has 0 spiro atoms. The number of alkyl halides is 3. The Morgan fingerprint density at radius 1 is 1.21 bits per heavy atom. The number of benzene rings is 1. The summed E-state index contributed by atoms with van der Waals surface area (Å²) >= 11 is 0. The predicted molar refractivity (Wildman–Crippen MR) is 76.9 cm³/mol. The maximum Gasteiger partial charge on any atom is 0.434 e. The molecule has 1 aliphatic rings. The number of carboxylic acid groups (broad SMARTS) is 1. The van der Waals surface area contributed by atoms with E-state index < -0.39 is 23.4 Å². The summed E-state index contributed by atoms with van der Waals surface area (Å²) < 4.78 is 40.0. The first-order valence-electron chi connectivity index (χ1n) is 7.07. The van der Waals surface area contributed by atoms with E-state index in [4.69, 9.17) is 5.11 Å². The molecule has 1 fully saturated rings. The number of carbonyl (C=O) groups is 2. The predicted octanol–water partition coefficient (Wildman–Crippen LogP) is 2.94. The number of carbonyl (C=O) groups excluding carboxylic acids is 1. The van der Waals surface area contributed by atoms with Crippen molar-refractivity contribution in [2.45, 2.75) is 19.0 Å². The Hall–Kier alpha value is -2.84. The van der Waals surface area contributed by atoms with Crippen molar-refractivity contribution in [1.82, 2.24) is 9.78 Å². The molecule has 0 saturated heterocycles. The highest BCUT2D eigenvalue weighted by atomic mass is 19.4. The molecule has 1 amide bonds. The molecule has 0 unspecified atom stereocenters. The van der Waals surface area contributed by atoms with Crippen LogP contribution in [0.1, 0.15) is 28.9 Å². The van der Waals surface area contributed by atoms with E-state index in [1.807, 2.05) is 0 Å². The van der Waals surface area contributed by atoms with E-state index in [1.165, 1.54) is 24.3 Å². The fraction of sp³-hybridized carbons (Fsp3) is 0.267. The molecule has 24 heavy (non-hydrogen) atoms. The monoisotopic (exact) mass is 339 g/mol. The Kier molecular flexibility index (Phi) is 3.78. The molecule has 1 aromatic carbocycles. The van der Waals surface area contributed by atoms with Gasteiger partial charge in [-0.2, -0.15) is 18.3 Å². The molecular weight excluding hydrogens is 327 g/mol. The highest BCUT2D eigenvalue weighted by molar-refractivity contribution is 5.94. The van der Waals surface area contributed by atoms with Gasteiger partial charge in [0.1, 0.15) is 5.56 Å². The van der Waals surface area contributed by atoms with Crippen molar-refractivity contribution in [2.75, 3.05) is 5.32 Å². The number of aromatic carboxylic acids is 1. The minimum Gasteiger partial charge on any atom is -0.478 e. The lowest BCUT2D eigenvalue weighted by Gasteiger charge is -2.12. The van der Waals surface area contributed by atoms with Crippen molar-refractivity contribution in [3.05, 3.63) is 41.7 Å². The summed E-state index contributed by atoms with van der Waals surface area (Å²) in [5.74, 6) is -1.82. The summed E-state index contributed by atoms with van der Waals surface area (Å²) in [5, 5.41) is 15.1. The van der Waals surface area contributed by atoms with Gasteiger partial charge in [0.15, 0.2) is 5.69 Å². The Morgan fingerprint density at radius 2 is 1.83 bits per heavy atom. The molecule has 6 nitrogen and oxygen atoms in total. The number of anilines is 1. The summed E-state index contributed by atoms with van der Waals surface area (Å²) in [7, 11) is 0. The Balaban J connectivity index is 1.91. The van der Waals surface area contributed by atoms with Crippen LogP contribution >= 0.6 is 0 Å². The molecule has 0 radical (unpaired) electrons. The van der Waals surface area contributed by atoms with Crippen molar-refractivity contribution in [3.63, 3.8) is 0 Å². The van der Waals surface area contributed by atoms with Crippen LogP contribution in [0.4, 0.5) is 18.9 Å². The summed E-state index contributed by atoms with van der Waals surface area (Å²) in [5.41, 5.74) is -1.78. The lowest BCUT2D eigenvalue weighted by molar-refractivity contribution is -0.143. The Bertz CT molecular complexity index is 793. The highest BCUT2D eigenvalue weighted by Crippen LogP contribution is 2.34. The largest absolute Gasteiger partial charge is 0.478 e. The lowest BCUT2D eigenvalue weighted by Crippen LogP contribution is -2.17. The summed E-state index contributed by atoms with van der Waals surface area (Å²) in [6.45, 7) is 0. The third kappa shape index (κ3) is 3.10. The number of carboxylic acids is 1. The molecule has 0 bridgehead atoms.